The third-order valence-electron chi connectivity index (χ3n) is 4.88. The summed E-state index contributed by atoms with van der Waals surface area (Å²) in [5.41, 5.74) is 1.05. The normalized spacial score (nSPS) is 17.3. The molecule has 0 aliphatic heterocycles. The Bertz CT molecular complexity index is 907. The average molecular weight is 397 g/mol. The molecule has 0 spiro atoms. The van der Waals surface area contributed by atoms with Crippen LogP contribution in [0.1, 0.15) is 61.2 Å². The SMILES string of the molecule is CC(=O)OC1=C([C@@H](CC(=O)c2cccs2)c2ccccc2)C(=O)CC(C)(C)C1. The molecule has 1 aliphatic rings. The van der Waals surface area contributed by atoms with Gasteiger partial charge in [-0.15, -0.1) is 11.3 Å². The fourth-order valence-corrected chi connectivity index (χ4v) is 4.40. The Balaban J connectivity index is 2.08. The van der Waals surface area contributed by atoms with Gasteiger partial charge in [0.05, 0.1) is 4.88 Å². The minimum atomic E-state index is -0.450. The van der Waals surface area contributed by atoms with Gasteiger partial charge in [0.1, 0.15) is 5.76 Å². The molecule has 0 bridgehead atoms. The van der Waals surface area contributed by atoms with Crippen LogP contribution in [-0.4, -0.2) is 17.5 Å². The number of thiophene rings is 1. The lowest BCUT2D eigenvalue weighted by molar-refractivity contribution is -0.138. The smallest absolute Gasteiger partial charge is 0.307 e. The number of esters is 1. The molecule has 0 N–H and O–H groups in total. The molecular formula is C23H24O4S. The lowest BCUT2D eigenvalue weighted by atomic mass is 9.71. The predicted octanol–water partition coefficient (Wildman–Crippen LogP) is 5.31. The first-order valence-electron chi connectivity index (χ1n) is 9.33. The van der Waals surface area contributed by atoms with E-state index in [9.17, 15) is 14.4 Å². The quantitative estimate of drug-likeness (QED) is 0.490. The summed E-state index contributed by atoms with van der Waals surface area (Å²) in [5, 5.41) is 1.86. The maximum absolute atomic E-state index is 13.1. The minimum absolute atomic E-state index is 0.0174. The van der Waals surface area contributed by atoms with Crippen molar-refractivity contribution in [1.29, 1.82) is 0 Å². The Hall–Kier alpha value is -2.53. The van der Waals surface area contributed by atoms with Crippen molar-refractivity contribution in [1.82, 2.24) is 0 Å². The first-order valence-corrected chi connectivity index (χ1v) is 10.2. The average Bonchev–Trinajstić information content (AvgIpc) is 3.14. The number of hydrogen-bond acceptors (Lipinski definition) is 5. The van der Waals surface area contributed by atoms with Crippen LogP contribution in [0.4, 0.5) is 0 Å². The van der Waals surface area contributed by atoms with Crippen LogP contribution in [-0.2, 0) is 14.3 Å². The fraction of sp³-hybridized carbons (Fsp3) is 0.348. The molecule has 1 aromatic heterocycles. The number of Topliss-reactive ketones (excluding diaryl/α,β-unsaturated/α-hetero) is 2. The van der Waals surface area contributed by atoms with Crippen LogP contribution >= 0.6 is 11.3 Å². The molecule has 1 aliphatic carbocycles. The Morgan fingerprint density at radius 3 is 2.43 bits per heavy atom. The van der Waals surface area contributed by atoms with Gasteiger partial charge in [-0.25, -0.2) is 0 Å². The highest BCUT2D eigenvalue weighted by Crippen LogP contribution is 2.43. The number of ether oxygens (including phenoxy) is 1. The number of benzene rings is 1. The van der Waals surface area contributed by atoms with E-state index in [1.165, 1.54) is 18.3 Å². The number of carbonyl (C=O) groups is 3. The number of rotatable bonds is 6. The van der Waals surface area contributed by atoms with E-state index in [-0.39, 0.29) is 23.4 Å². The molecule has 5 heteroatoms. The Morgan fingerprint density at radius 2 is 1.82 bits per heavy atom. The van der Waals surface area contributed by atoms with Gasteiger partial charge in [0.15, 0.2) is 11.6 Å². The lowest BCUT2D eigenvalue weighted by Gasteiger charge is -2.34. The van der Waals surface area contributed by atoms with Crippen LogP contribution in [0.25, 0.3) is 0 Å². The zero-order valence-corrected chi connectivity index (χ0v) is 17.2. The summed E-state index contributed by atoms with van der Waals surface area (Å²) in [4.78, 5) is 38.4. The van der Waals surface area contributed by atoms with Crippen molar-refractivity contribution in [3.8, 4) is 0 Å². The van der Waals surface area contributed by atoms with Gasteiger partial charge in [-0.2, -0.15) is 0 Å². The van der Waals surface area contributed by atoms with E-state index >= 15 is 0 Å². The van der Waals surface area contributed by atoms with Crippen LogP contribution in [0.3, 0.4) is 0 Å². The highest BCUT2D eigenvalue weighted by Gasteiger charge is 2.39. The van der Waals surface area contributed by atoms with E-state index in [1.54, 1.807) is 6.07 Å². The molecule has 2 aromatic rings. The predicted molar refractivity (Wildman–Crippen MR) is 109 cm³/mol. The zero-order valence-electron chi connectivity index (χ0n) is 16.4. The second-order valence-corrected chi connectivity index (χ2v) is 8.89. The van der Waals surface area contributed by atoms with Crippen molar-refractivity contribution >= 4 is 28.9 Å². The summed E-state index contributed by atoms with van der Waals surface area (Å²) < 4.78 is 5.50. The Kier molecular flexibility index (Phi) is 5.94. The monoisotopic (exact) mass is 396 g/mol. The molecule has 3 rings (SSSR count). The minimum Gasteiger partial charge on any atom is -0.431 e. The highest BCUT2D eigenvalue weighted by atomic mass is 32.1. The summed E-state index contributed by atoms with van der Waals surface area (Å²) >= 11 is 1.39. The molecule has 0 saturated heterocycles. The second-order valence-electron chi connectivity index (χ2n) is 7.94. The molecule has 146 valence electrons. The van der Waals surface area contributed by atoms with Crippen LogP contribution in [0.15, 0.2) is 59.2 Å². The van der Waals surface area contributed by atoms with Crippen LogP contribution in [0.2, 0.25) is 0 Å². The summed E-state index contributed by atoms with van der Waals surface area (Å²) in [6.45, 7) is 5.31. The van der Waals surface area contributed by atoms with Gasteiger partial charge in [-0.1, -0.05) is 50.2 Å². The maximum Gasteiger partial charge on any atom is 0.307 e. The first-order chi connectivity index (χ1) is 13.3. The van der Waals surface area contributed by atoms with E-state index in [0.717, 1.165) is 5.56 Å². The van der Waals surface area contributed by atoms with Crippen molar-refractivity contribution in [2.24, 2.45) is 5.41 Å². The van der Waals surface area contributed by atoms with Crippen molar-refractivity contribution < 1.29 is 19.1 Å². The maximum atomic E-state index is 13.1. The largest absolute Gasteiger partial charge is 0.431 e. The van der Waals surface area contributed by atoms with Gasteiger partial charge in [-0.3, -0.25) is 14.4 Å². The molecule has 28 heavy (non-hydrogen) atoms. The summed E-state index contributed by atoms with van der Waals surface area (Å²) in [6.07, 6.45) is 1.02. The number of hydrogen-bond donors (Lipinski definition) is 0. The fourth-order valence-electron chi connectivity index (χ4n) is 3.73. The zero-order chi connectivity index (χ0) is 20.3. The van der Waals surface area contributed by atoms with E-state index in [4.69, 9.17) is 4.74 Å². The highest BCUT2D eigenvalue weighted by molar-refractivity contribution is 7.12. The topological polar surface area (TPSA) is 60.4 Å². The molecule has 1 atom stereocenters. The first kappa shape index (κ1) is 20.2. The second kappa shape index (κ2) is 8.23. The molecule has 0 saturated carbocycles. The van der Waals surface area contributed by atoms with E-state index in [0.29, 0.717) is 29.1 Å². The van der Waals surface area contributed by atoms with Gasteiger partial charge >= 0.3 is 5.97 Å². The van der Waals surface area contributed by atoms with Crippen LogP contribution in [0.5, 0.6) is 0 Å². The number of ketones is 2. The van der Waals surface area contributed by atoms with Gasteiger partial charge in [0.25, 0.3) is 0 Å². The van der Waals surface area contributed by atoms with Crippen molar-refractivity contribution in [3.05, 3.63) is 69.6 Å². The summed E-state index contributed by atoms with van der Waals surface area (Å²) in [7, 11) is 0. The molecule has 1 aromatic carbocycles. The van der Waals surface area contributed by atoms with Crippen molar-refractivity contribution in [2.45, 2.75) is 46.0 Å². The summed E-state index contributed by atoms with van der Waals surface area (Å²) in [5.74, 6) is -0.554. The molecule has 1 heterocycles. The molecule has 0 unspecified atom stereocenters. The van der Waals surface area contributed by atoms with E-state index in [1.807, 2.05) is 55.6 Å². The van der Waals surface area contributed by atoms with E-state index < -0.39 is 11.9 Å². The van der Waals surface area contributed by atoms with Gasteiger partial charge in [-0.05, 0) is 22.4 Å². The van der Waals surface area contributed by atoms with Crippen molar-refractivity contribution in [3.63, 3.8) is 0 Å². The molecule has 4 nitrogen and oxygen atoms in total. The standard InChI is InChI=1S/C23H24O4S/c1-15(24)27-20-14-23(2,3)13-19(26)22(20)17(16-8-5-4-6-9-16)12-18(25)21-10-7-11-28-21/h4-11,17H,12-14H2,1-3H3/t17-/m0/s1. The van der Waals surface area contributed by atoms with Crippen molar-refractivity contribution in [2.75, 3.05) is 0 Å². The van der Waals surface area contributed by atoms with Gasteiger partial charge in [0.2, 0.25) is 0 Å². The molecule has 0 radical (unpaired) electrons. The third kappa shape index (κ3) is 4.65. The van der Waals surface area contributed by atoms with Gasteiger partial charge < -0.3 is 4.74 Å². The number of carbonyl (C=O) groups excluding carboxylic acids is 3. The molecule has 0 amide bonds. The Morgan fingerprint density at radius 1 is 1.11 bits per heavy atom. The Labute approximate surface area is 169 Å². The van der Waals surface area contributed by atoms with Crippen LogP contribution in [0, 0.1) is 5.41 Å². The third-order valence-corrected chi connectivity index (χ3v) is 5.79. The number of allylic oxidation sites excluding steroid dienone is 2. The van der Waals surface area contributed by atoms with Gasteiger partial charge in [0, 0.05) is 37.7 Å². The molecule has 0 fully saturated rings. The molecular weight excluding hydrogens is 372 g/mol. The van der Waals surface area contributed by atoms with E-state index in [2.05, 4.69) is 0 Å². The van der Waals surface area contributed by atoms with Crippen LogP contribution < -0.4 is 0 Å². The lowest BCUT2D eigenvalue weighted by Crippen LogP contribution is -2.30. The summed E-state index contributed by atoms with van der Waals surface area (Å²) in [6, 6.07) is 13.1.